The number of amides is 2. The summed E-state index contributed by atoms with van der Waals surface area (Å²) in [6.07, 6.45) is 2.15. The van der Waals surface area contributed by atoms with Gasteiger partial charge in [-0.1, -0.05) is 0 Å². The average molecular weight is 277 g/mol. The van der Waals surface area contributed by atoms with Crippen LogP contribution in [0.2, 0.25) is 0 Å². The molecule has 2 amide bonds. The second-order valence-corrected chi connectivity index (χ2v) is 6.67. The molecule has 0 aromatic rings. The van der Waals surface area contributed by atoms with Crippen LogP contribution in [0.25, 0.3) is 0 Å². The topological polar surface area (TPSA) is 101 Å². The Hall–Kier alpha value is -1.15. The Balaban J connectivity index is 2.48. The summed E-state index contributed by atoms with van der Waals surface area (Å²) in [4.78, 5) is 24.4. The lowest BCUT2D eigenvalue weighted by molar-refractivity contribution is -0.134. The third-order valence-corrected chi connectivity index (χ3v) is 4.44. The van der Waals surface area contributed by atoms with Crippen LogP contribution >= 0.6 is 0 Å². The Morgan fingerprint density at radius 2 is 1.83 bits per heavy atom. The zero-order valence-corrected chi connectivity index (χ0v) is 11.4. The molecule has 0 aromatic heterocycles. The minimum absolute atomic E-state index is 0.167. The van der Waals surface area contributed by atoms with E-state index in [-0.39, 0.29) is 24.3 Å². The normalized spacial score (nSPS) is 18.1. The highest BCUT2D eigenvalue weighted by Crippen LogP contribution is 2.16. The lowest BCUT2D eigenvalue weighted by Gasteiger charge is -2.31. The standard InChI is InChI=1S/C10H19N3O4S/c1-12(18(2,16)17)7-9(14)13-5-3-8(4-6-13)10(11)15/h8H,3-7H2,1-2H3,(H2,11,15). The minimum atomic E-state index is -3.35. The van der Waals surface area contributed by atoms with Crippen LogP contribution < -0.4 is 5.73 Å². The summed E-state index contributed by atoms with van der Waals surface area (Å²) in [6.45, 7) is 0.730. The van der Waals surface area contributed by atoms with Crippen LogP contribution in [0.3, 0.4) is 0 Å². The van der Waals surface area contributed by atoms with Crippen molar-refractivity contribution >= 4 is 21.8 Å². The van der Waals surface area contributed by atoms with Gasteiger partial charge in [0.15, 0.2) is 0 Å². The molecule has 0 radical (unpaired) electrons. The highest BCUT2D eigenvalue weighted by molar-refractivity contribution is 7.88. The molecular formula is C10H19N3O4S. The van der Waals surface area contributed by atoms with Crippen LogP contribution in [-0.4, -0.2) is 62.4 Å². The lowest BCUT2D eigenvalue weighted by Crippen LogP contribution is -2.46. The summed E-state index contributed by atoms with van der Waals surface area (Å²) in [5, 5.41) is 0. The van der Waals surface area contributed by atoms with Gasteiger partial charge >= 0.3 is 0 Å². The first-order valence-corrected chi connectivity index (χ1v) is 7.55. The second kappa shape index (κ2) is 5.66. The first kappa shape index (κ1) is 14.9. The van der Waals surface area contributed by atoms with Crippen molar-refractivity contribution < 1.29 is 18.0 Å². The number of rotatable bonds is 4. The number of carbonyl (C=O) groups excluding carboxylic acids is 2. The maximum absolute atomic E-state index is 11.8. The molecule has 1 aliphatic rings. The molecule has 0 unspecified atom stereocenters. The monoisotopic (exact) mass is 277 g/mol. The van der Waals surface area contributed by atoms with Gasteiger partial charge in [0, 0.05) is 26.1 Å². The van der Waals surface area contributed by atoms with Crippen LogP contribution in [0.4, 0.5) is 0 Å². The van der Waals surface area contributed by atoms with Crippen LogP contribution in [-0.2, 0) is 19.6 Å². The van der Waals surface area contributed by atoms with Gasteiger partial charge in [-0.15, -0.1) is 0 Å². The van der Waals surface area contributed by atoms with Crippen LogP contribution in [0.5, 0.6) is 0 Å². The molecule has 1 rings (SSSR count). The summed E-state index contributed by atoms with van der Waals surface area (Å²) >= 11 is 0. The summed E-state index contributed by atoms with van der Waals surface area (Å²) in [5.41, 5.74) is 5.20. The molecule has 0 atom stereocenters. The van der Waals surface area contributed by atoms with E-state index in [9.17, 15) is 18.0 Å². The van der Waals surface area contributed by atoms with E-state index in [4.69, 9.17) is 5.73 Å². The van der Waals surface area contributed by atoms with Gasteiger partial charge in [-0.25, -0.2) is 8.42 Å². The second-order valence-electron chi connectivity index (χ2n) is 4.58. The van der Waals surface area contributed by atoms with Gasteiger partial charge in [0.2, 0.25) is 21.8 Å². The van der Waals surface area contributed by atoms with Crippen molar-refractivity contribution in [2.45, 2.75) is 12.8 Å². The molecule has 1 saturated heterocycles. The summed E-state index contributed by atoms with van der Waals surface area (Å²) in [5.74, 6) is -0.761. The molecule has 1 fully saturated rings. The van der Waals surface area contributed by atoms with Gasteiger partial charge in [-0.05, 0) is 12.8 Å². The fourth-order valence-corrected chi connectivity index (χ4v) is 2.17. The molecule has 7 nitrogen and oxygen atoms in total. The summed E-state index contributed by atoms with van der Waals surface area (Å²) in [6, 6.07) is 0. The van der Waals surface area contributed by atoms with Crippen molar-refractivity contribution in [2.24, 2.45) is 11.7 Å². The number of likely N-dealkylation sites (tertiary alicyclic amines) is 1. The molecule has 0 spiro atoms. The van der Waals surface area contributed by atoms with Gasteiger partial charge in [-0.2, -0.15) is 4.31 Å². The smallest absolute Gasteiger partial charge is 0.237 e. The highest BCUT2D eigenvalue weighted by Gasteiger charge is 2.27. The largest absolute Gasteiger partial charge is 0.369 e. The average Bonchev–Trinajstić information content (AvgIpc) is 2.27. The first-order valence-electron chi connectivity index (χ1n) is 5.70. The number of sulfonamides is 1. The van der Waals surface area contributed by atoms with Gasteiger partial charge in [0.1, 0.15) is 0 Å². The Morgan fingerprint density at radius 3 is 2.22 bits per heavy atom. The van der Waals surface area contributed by atoms with Crippen LogP contribution in [0.1, 0.15) is 12.8 Å². The molecule has 0 aromatic carbocycles. The minimum Gasteiger partial charge on any atom is -0.369 e. The van der Waals surface area contributed by atoms with Crippen LogP contribution in [0.15, 0.2) is 0 Å². The van der Waals surface area contributed by atoms with E-state index < -0.39 is 10.0 Å². The van der Waals surface area contributed by atoms with Gasteiger partial charge < -0.3 is 10.6 Å². The van der Waals surface area contributed by atoms with E-state index in [1.807, 2.05) is 0 Å². The predicted molar refractivity (Wildman–Crippen MR) is 66.0 cm³/mol. The molecule has 0 saturated carbocycles. The number of primary amides is 1. The molecule has 1 aliphatic heterocycles. The van der Waals surface area contributed by atoms with Gasteiger partial charge in [0.05, 0.1) is 12.8 Å². The Kier molecular flexibility index (Phi) is 4.69. The number of carbonyl (C=O) groups is 2. The quantitative estimate of drug-likeness (QED) is 0.683. The van der Waals surface area contributed by atoms with Gasteiger partial charge in [-0.3, -0.25) is 9.59 Å². The van der Waals surface area contributed by atoms with Gasteiger partial charge in [0.25, 0.3) is 0 Å². The predicted octanol–water partition coefficient (Wildman–Crippen LogP) is -1.40. The fraction of sp³-hybridized carbons (Fsp3) is 0.800. The zero-order chi connectivity index (χ0) is 13.9. The fourth-order valence-electron chi connectivity index (χ4n) is 1.82. The van der Waals surface area contributed by atoms with E-state index in [2.05, 4.69) is 0 Å². The molecule has 2 N–H and O–H groups in total. The SMILES string of the molecule is CN(CC(=O)N1CCC(C(N)=O)CC1)S(C)(=O)=O. The van der Waals surface area contributed by atoms with E-state index >= 15 is 0 Å². The van der Waals surface area contributed by atoms with Crippen molar-refractivity contribution in [3.63, 3.8) is 0 Å². The number of nitrogens with zero attached hydrogens (tertiary/aromatic N) is 2. The molecule has 1 heterocycles. The van der Waals surface area contributed by atoms with Crippen molar-refractivity contribution in [1.82, 2.24) is 9.21 Å². The van der Waals surface area contributed by atoms with Crippen molar-refractivity contribution in [3.05, 3.63) is 0 Å². The number of hydrogen-bond donors (Lipinski definition) is 1. The van der Waals surface area contributed by atoms with Crippen molar-refractivity contribution in [1.29, 1.82) is 0 Å². The Bertz CT molecular complexity index is 426. The van der Waals surface area contributed by atoms with E-state index in [1.165, 1.54) is 7.05 Å². The Labute approximate surface area is 107 Å². The summed E-state index contributed by atoms with van der Waals surface area (Å²) < 4.78 is 23.4. The maximum atomic E-state index is 11.8. The molecule has 0 aliphatic carbocycles. The zero-order valence-electron chi connectivity index (χ0n) is 10.6. The molecule has 104 valence electrons. The molecule has 0 bridgehead atoms. The van der Waals surface area contributed by atoms with Crippen molar-refractivity contribution in [3.8, 4) is 0 Å². The van der Waals surface area contributed by atoms with E-state index in [0.717, 1.165) is 10.6 Å². The summed E-state index contributed by atoms with van der Waals surface area (Å²) in [7, 11) is -1.98. The number of hydrogen-bond acceptors (Lipinski definition) is 4. The highest BCUT2D eigenvalue weighted by atomic mass is 32.2. The van der Waals surface area contributed by atoms with E-state index in [0.29, 0.717) is 25.9 Å². The third-order valence-electron chi connectivity index (χ3n) is 3.17. The molecular weight excluding hydrogens is 258 g/mol. The maximum Gasteiger partial charge on any atom is 0.237 e. The molecule has 18 heavy (non-hydrogen) atoms. The third kappa shape index (κ3) is 3.95. The van der Waals surface area contributed by atoms with Crippen molar-refractivity contribution in [2.75, 3.05) is 32.9 Å². The Morgan fingerprint density at radius 1 is 1.33 bits per heavy atom. The lowest BCUT2D eigenvalue weighted by atomic mass is 9.96. The number of likely N-dealkylation sites (N-methyl/N-ethyl adjacent to an activating group) is 1. The number of piperidine rings is 1. The number of nitrogens with two attached hydrogens (primary N) is 1. The molecule has 8 heteroatoms. The van der Waals surface area contributed by atoms with Crippen LogP contribution in [0, 0.1) is 5.92 Å². The first-order chi connectivity index (χ1) is 8.21. The van der Waals surface area contributed by atoms with E-state index in [1.54, 1.807) is 4.90 Å².